The second kappa shape index (κ2) is 9.90. The van der Waals surface area contributed by atoms with Crippen LogP contribution < -0.4 is 5.32 Å². The molecule has 2 fully saturated rings. The summed E-state index contributed by atoms with van der Waals surface area (Å²) in [6.45, 7) is 6.26. The Bertz CT molecular complexity index is 701. The van der Waals surface area contributed by atoms with E-state index in [0.29, 0.717) is 25.2 Å². The Balaban J connectivity index is 0.00000169. The van der Waals surface area contributed by atoms with Crippen molar-refractivity contribution in [2.75, 3.05) is 44.2 Å². The number of halogens is 2. The lowest BCUT2D eigenvalue weighted by Crippen LogP contribution is -2.52. The highest BCUT2D eigenvalue weighted by Crippen LogP contribution is 2.15. The van der Waals surface area contributed by atoms with Crippen molar-refractivity contribution in [2.45, 2.75) is 19.5 Å². The summed E-state index contributed by atoms with van der Waals surface area (Å²) in [5.41, 5.74) is 1.77. The Hall–Kier alpha value is -0.860. The molecule has 0 radical (unpaired) electrons. The van der Waals surface area contributed by atoms with Gasteiger partial charge in [0.1, 0.15) is 0 Å². The van der Waals surface area contributed by atoms with E-state index in [9.17, 15) is 13.2 Å². The second-order valence-electron chi connectivity index (χ2n) is 6.68. The van der Waals surface area contributed by atoms with Crippen LogP contribution in [0.4, 0.5) is 0 Å². The van der Waals surface area contributed by atoms with Gasteiger partial charge in [-0.1, -0.05) is 12.1 Å². The van der Waals surface area contributed by atoms with Gasteiger partial charge in [-0.2, -0.15) is 0 Å². The molecule has 3 rings (SSSR count). The molecule has 0 bridgehead atoms. The average Bonchev–Trinajstić information content (AvgIpc) is 2.57. The lowest BCUT2D eigenvalue weighted by Gasteiger charge is -2.34. The first-order chi connectivity index (χ1) is 11.4. The van der Waals surface area contributed by atoms with E-state index in [1.165, 1.54) is 0 Å². The van der Waals surface area contributed by atoms with Gasteiger partial charge in [0.15, 0.2) is 9.84 Å². The van der Waals surface area contributed by atoms with E-state index in [0.717, 1.165) is 25.2 Å². The molecular formula is C17H27Cl2N3O3S. The topological polar surface area (TPSA) is 69.7 Å². The quantitative estimate of drug-likeness (QED) is 0.790. The normalized spacial score (nSPS) is 22.8. The maximum Gasteiger partial charge on any atom is 0.254 e. The van der Waals surface area contributed by atoms with E-state index in [1.54, 1.807) is 0 Å². The van der Waals surface area contributed by atoms with Gasteiger partial charge in [-0.3, -0.25) is 9.69 Å². The number of carbonyl (C=O) groups is 1. The fourth-order valence-electron chi connectivity index (χ4n) is 3.28. The summed E-state index contributed by atoms with van der Waals surface area (Å²) in [5, 5.41) is 3.29. The molecule has 2 heterocycles. The SMILES string of the molecule is C[C@@H]1CNCCN1C(=O)c1cccc(CN2CCS(=O)(=O)CC2)c1.Cl.Cl. The molecule has 1 amide bonds. The largest absolute Gasteiger partial charge is 0.333 e. The summed E-state index contributed by atoms with van der Waals surface area (Å²) in [5.74, 6) is 0.528. The molecule has 26 heavy (non-hydrogen) atoms. The number of nitrogens with one attached hydrogen (secondary N) is 1. The Labute approximate surface area is 168 Å². The van der Waals surface area contributed by atoms with E-state index in [4.69, 9.17) is 0 Å². The molecule has 1 aromatic rings. The molecule has 148 valence electrons. The van der Waals surface area contributed by atoms with Crippen LogP contribution in [0.3, 0.4) is 0 Å². The first-order valence-electron chi connectivity index (χ1n) is 8.48. The van der Waals surface area contributed by atoms with Crippen LogP contribution in [0.15, 0.2) is 24.3 Å². The molecule has 0 aliphatic carbocycles. The van der Waals surface area contributed by atoms with Crippen LogP contribution in [0.2, 0.25) is 0 Å². The number of rotatable bonds is 3. The minimum Gasteiger partial charge on any atom is -0.333 e. The summed E-state index contributed by atoms with van der Waals surface area (Å²) in [7, 11) is -2.86. The molecular weight excluding hydrogens is 397 g/mol. The zero-order chi connectivity index (χ0) is 17.2. The van der Waals surface area contributed by atoms with Gasteiger partial charge in [0.2, 0.25) is 0 Å². The molecule has 0 spiro atoms. The Morgan fingerprint density at radius 1 is 1.19 bits per heavy atom. The van der Waals surface area contributed by atoms with Crippen molar-refractivity contribution in [2.24, 2.45) is 0 Å². The van der Waals surface area contributed by atoms with E-state index in [-0.39, 0.29) is 48.3 Å². The second-order valence-corrected chi connectivity index (χ2v) is 8.98. The predicted octanol–water partition coefficient (Wildman–Crippen LogP) is 1.19. The lowest BCUT2D eigenvalue weighted by molar-refractivity contribution is 0.0655. The van der Waals surface area contributed by atoms with E-state index >= 15 is 0 Å². The molecule has 0 aromatic heterocycles. The third-order valence-electron chi connectivity index (χ3n) is 4.78. The zero-order valence-corrected chi connectivity index (χ0v) is 17.3. The number of amides is 1. The summed E-state index contributed by atoms with van der Waals surface area (Å²) < 4.78 is 23.0. The van der Waals surface area contributed by atoms with E-state index < -0.39 is 9.84 Å². The summed E-state index contributed by atoms with van der Waals surface area (Å²) in [6, 6.07) is 7.92. The first kappa shape index (κ1) is 23.2. The highest BCUT2D eigenvalue weighted by atomic mass is 35.5. The monoisotopic (exact) mass is 423 g/mol. The number of sulfone groups is 1. The van der Waals surface area contributed by atoms with Crippen molar-refractivity contribution in [1.29, 1.82) is 0 Å². The Kier molecular flexibility index (Phi) is 8.82. The van der Waals surface area contributed by atoms with Crippen molar-refractivity contribution >= 4 is 40.6 Å². The highest BCUT2D eigenvalue weighted by molar-refractivity contribution is 7.91. The minimum atomic E-state index is -2.86. The van der Waals surface area contributed by atoms with E-state index in [1.807, 2.05) is 29.2 Å². The number of piperazine rings is 1. The summed E-state index contributed by atoms with van der Waals surface area (Å²) >= 11 is 0. The van der Waals surface area contributed by atoms with Crippen molar-refractivity contribution in [3.63, 3.8) is 0 Å². The van der Waals surface area contributed by atoms with E-state index in [2.05, 4.69) is 17.1 Å². The van der Waals surface area contributed by atoms with Crippen molar-refractivity contribution in [3.05, 3.63) is 35.4 Å². The van der Waals surface area contributed by atoms with Crippen LogP contribution in [0.25, 0.3) is 0 Å². The van der Waals surface area contributed by atoms with Crippen molar-refractivity contribution < 1.29 is 13.2 Å². The average molecular weight is 424 g/mol. The number of hydrogen-bond donors (Lipinski definition) is 1. The third-order valence-corrected chi connectivity index (χ3v) is 6.39. The molecule has 1 N–H and O–H groups in total. The van der Waals surface area contributed by atoms with Crippen LogP contribution in [-0.4, -0.2) is 74.4 Å². The van der Waals surface area contributed by atoms with Crippen LogP contribution >= 0.6 is 24.8 Å². The number of nitrogens with zero attached hydrogens (tertiary/aromatic N) is 2. The lowest BCUT2D eigenvalue weighted by atomic mass is 10.1. The van der Waals surface area contributed by atoms with Gasteiger partial charge < -0.3 is 10.2 Å². The maximum atomic E-state index is 12.7. The molecule has 0 saturated carbocycles. The molecule has 2 aliphatic rings. The third kappa shape index (κ3) is 5.82. The fourth-order valence-corrected chi connectivity index (χ4v) is 4.55. The first-order valence-corrected chi connectivity index (χ1v) is 10.3. The van der Waals surface area contributed by atoms with Crippen LogP contribution in [-0.2, 0) is 16.4 Å². The number of carbonyl (C=O) groups excluding carboxylic acids is 1. The van der Waals surface area contributed by atoms with Crippen molar-refractivity contribution in [1.82, 2.24) is 15.1 Å². The number of benzene rings is 1. The minimum absolute atomic E-state index is 0. The molecule has 2 saturated heterocycles. The van der Waals surface area contributed by atoms with Crippen LogP contribution in [0.5, 0.6) is 0 Å². The van der Waals surface area contributed by atoms with Gasteiger partial charge in [0.25, 0.3) is 5.91 Å². The van der Waals surface area contributed by atoms with Gasteiger partial charge in [0.05, 0.1) is 11.5 Å². The number of hydrogen-bond acceptors (Lipinski definition) is 5. The summed E-state index contributed by atoms with van der Waals surface area (Å²) in [6.07, 6.45) is 0. The van der Waals surface area contributed by atoms with Crippen LogP contribution in [0.1, 0.15) is 22.8 Å². The molecule has 1 aromatic carbocycles. The Morgan fingerprint density at radius 2 is 1.88 bits per heavy atom. The molecule has 6 nitrogen and oxygen atoms in total. The maximum absolute atomic E-state index is 12.7. The zero-order valence-electron chi connectivity index (χ0n) is 14.9. The van der Waals surface area contributed by atoms with Gasteiger partial charge in [0, 0.05) is 50.9 Å². The van der Waals surface area contributed by atoms with Gasteiger partial charge >= 0.3 is 0 Å². The van der Waals surface area contributed by atoms with Gasteiger partial charge in [-0.15, -0.1) is 24.8 Å². The molecule has 1 atom stereocenters. The molecule has 2 aliphatic heterocycles. The fraction of sp³-hybridized carbons (Fsp3) is 0.588. The van der Waals surface area contributed by atoms with Gasteiger partial charge in [-0.25, -0.2) is 8.42 Å². The molecule has 0 unspecified atom stereocenters. The summed E-state index contributed by atoms with van der Waals surface area (Å²) in [4.78, 5) is 16.8. The van der Waals surface area contributed by atoms with Gasteiger partial charge in [-0.05, 0) is 24.6 Å². The predicted molar refractivity (Wildman–Crippen MR) is 108 cm³/mol. The van der Waals surface area contributed by atoms with Crippen LogP contribution in [0, 0.1) is 0 Å². The molecule has 9 heteroatoms. The smallest absolute Gasteiger partial charge is 0.254 e. The van der Waals surface area contributed by atoms with Crippen molar-refractivity contribution in [3.8, 4) is 0 Å². The Morgan fingerprint density at radius 3 is 2.54 bits per heavy atom. The standard InChI is InChI=1S/C17H25N3O3S.2ClH/c1-14-12-18-5-6-20(14)17(21)16-4-2-3-15(11-16)13-19-7-9-24(22,23)10-8-19;;/h2-4,11,14,18H,5-10,12-13H2,1H3;2*1H/t14-;;/m1../s1. The highest BCUT2D eigenvalue weighted by Gasteiger charge is 2.25.